The molecule has 12 heavy (non-hydrogen) atoms. The van der Waals surface area contributed by atoms with Crippen LogP contribution in [0.15, 0.2) is 18.2 Å². The summed E-state index contributed by atoms with van der Waals surface area (Å²) in [7, 11) is 0. The normalized spacial score (nSPS) is 9.75. The molecule has 0 amide bonds. The van der Waals surface area contributed by atoms with E-state index in [2.05, 4.69) is 0 Å². The lowest BCUT2D eigenvalue weighted by Gasteiger charge is -1.99. The first kappa shape index (κ1) is 8.80. The smallest absolute Gasteiger partial charge is 0.273 e. The van der Waals surface area contributed by atoms with E-state index in [-0.39, 0.29) is 11.6 Å². The summed E-state index contributed by atoms with van der Waals surface area (Å²) in [6.07, 6.45) is 0. The van der Waals surface area contributed by atoms with Gasteiger partial charge in [0.15, 0.2) is 0 Å². The molecule has 0 saturated heterocycles. The summed E-state index contributed by atoms with van der Waals surface area (Å²) < 4.78 is 0. The molecule has 0 aliphatic heterocycles. The number of hydrogen-bond donors (Lipinski definition) is 1. The lowest BCUT2D eigenvalue weighted by atomic mass is 10.2. The maximum Gasteiger partial charge on any atom is 0.273 e. The van der Waals surface area contributed by atoms with Crippen LogP contribution in [0.4, 0.5) is 11.4 Å². The Morgan fingerprint density at radius 3 is 2.75 bits per heavy atom. The van der Waals surface area contributed by atoms with Crippen LogP contribution in [0.1, 0.15) is 5.56 Å². The van der Waals surface area contributed by atoms with Crippen LogP contribution in [0.5, 0.6) is 0 Å². The molecule has 0 bridgehead atoms. The predicted molar refractivity (Wildman–Crippen MR) is 47.1 cm³/mol. The molecule has 0 fully saturated rings. The summed E-state index contributed by atoms with van der Waals surface area (Å²) in [5.74, 6) is 0.0986. The van der Waals surface area contributed by atoms with Crippen LogP contribution >= 0.6 is 11.6 Å². The zero-order valence-corrected chi connectivity index (χ0v) is 6.91. The van der Waals surface area contributed by atoms with E-state index in [1.54, 1.807) is 0 Å². The van der Waals surface area contributed by atoms with E-state index in [1.807, 2.05) is 0 Å². The highest BCUT2D eigenvalue weighted by Gasteiger charge is 2.11. The molecule has 0 aliphatic carbocycles. The van der Waals surface area contributed by atoms with Gasteiger partial charge in [0.1, 0.15) is 0 Å². The highest BCUT2D eigenvalue weighted by Crippen LogP contribution is 2.22. The standard InChI is InChI=1S/C7H7ClN2O2/c8-4-5-3-6(9)1-2-7(5)10(11)12/h1-3H,4,9H2. The predicted octanol–water partition coefficient (Wildman–Crippen LogP) is 1.92. The zero-order chi connectivity index (χ0) is 9.14. The van der Waals surface area contributed by atoms with Gasteiger partial charge in [-0.3, -0.25) is 10.1 Å². The maximum atomic E-state index is 10.4. The van der Waals surface area contributed by atoms with E-state index in [4.69, 9.17) is 17.3 Å². The molecule has 0 atom stereocenters. The van der Waals surface area contributed by atoms with Gasteiger partial charge in [0.05, 0.1) is 10.8 Å². The number of alkyl halides is 1. The molecule has 0 saturated carbocycles. The van der Waals surface area contributed by atoms with Crippen molar-refractivity contribution in [3.8, 4) is 0 Å². The van der Waals surface area contributed by atoms with Crippen LogP contribution < -0.4 is 5.73 Å². The first-order chi connectivity index (χ1) is 5.65. The quantitative estimate of drug-likeness (QED) is 0.332. The SMILES string of the molecule is Nc1ccc([N+](=O)[O-])c(CCl)c1. The van der Waals surface area contributed by atoms with Crippen LogP contribution in [0.3, 0.4) is 0 Å². The molecule has 1 rings (SSSR count). The number of nitrogen functional groups attached to an aromatic ring is 1. The molecule has 2 N–H and O–H groups in total. The summed E-state index contributed by atoms with van der Waals surface area (Å²) >= 11 is 5.49. The Labute approximate surface area is 74.1 Å². The van der Waals surface area contributed by atoms with Gasteiger partial charge in [-0.15, -0.1) is 11.6 Å². The summed E-state index contributed by atoms with van der Waals surface area (Å²) in [6.45, 7) is 0. The second-order valence-corrected chi connectivity index (χ2v) is 2.55. The minimum Gasteiger partial charge on any atom is -0.399 e. The van der Waals surface area contributed by atoms with E-state index in [0.717, 1.165) is 0 Å². The van der Waals surface area contributed by atoms with Gasteiger partial charge in [0.2, 0.25) is 0 Å². The van der Waals surface area contributed by atoms with E-state index >= 15 is 0 Å². The number of nitrogens with two attached hydrogens (primary N) is 1. The summed E-state index contributed by atoms with van der Waals surface area (Å²) in [4.78, 5) is 9.92. The summed E-state index contributed by atoms with van der Waals surface area (Å²) in [5, 5.41) is 10.4. The van der Waals surface area contributed by atoms with Crippen LogP contribution in [-0.4, -0.2) is 4.92 Å². The van der Waals surface area contributed by atoms with Crippen molar-refractivity contribution in [3.63, 3.8) is 0 Å². The number of benzene rings is 1. The van der Waals surface area contributed by atoms with Gasteiger partial charge in [0.25, 0.3) is 5.69 Å². The minimum absolute atomic E-state index is 0.0131. The third-order valence-electron chi connectivity index (χ3n) is 1.44. The maximum absolute atomic E-state index is 10.4. The Morgan fingerprint density at radius 2 is 2.25 bits per heavy atom. The molecule has 4 nitrogen and oxygen atoms in total. The van der Waals surface area contributed by atoms with Gasteiger partial charge in [-0.05, 0) is 12.1 Å². The van der Waals surface area contributed by atoms with Crippen molar-refractivity contribution >= 4 is 23.0 Å². The fourth-order valence-electron chi connectivity index (χ4n) is 0.891. The second kappa shape index (κ2) is 3.40. The van der Waals surface area contributed by atoms with Crippen molar-refractivity contribution in [1.82, 2.24) is 0 Å². The van der Waals surface area contributed by atoms with Gasteiger partial charge >= 0.3 is 0 Å². The molecule has 5 heteroatoms. The number of halogens is 1. The number of rotatable bonds is 2. The van der Waals surface area contributed by atoms with Gasteiger partial charge in [-0.1, -0.05) is 0 Å². The number of nitro benzene ring substituents is 1. The van der Waals surface area contributed by atoms with Crippen LogP contribution in [0.25, 0.3) is 0 Å². The van der Waals surface area contributed by atoms with Crippen molar-refractivity contribution in [3.05, 3.63) is 33.9 Å². The fourth-order valence-corrected chi connectivity index (χ4v) is 1.10. The topological polar surface area (TPSA) is 69.2 Å². The highest BCUT2D eigenvalue weighted by atomic mass is 35.5. The molecule has 0 unspecified atom stereocenters. The summed E-state index contributed by atoms with van der Waals surface area (Å²) in [5.41, 5.74) is 6.36. The van der Waals surface area contributed by atoms with Gasteiger partial charge in [-0.25, -0.2) is 0 Å². The molecular formula is C7H7ClN2O2. The van der Waals surface area contributed by atoms with Crippen molar-refractivity contribution in [2.45, 2.75) is 5.88 Å². The van der Waals surface area contributed by atoms with Crippen LogP contribution in [0, 0.1) is 10.1 Å². The average Bonchev–Trinajstić information content (AvgIpc) is 2.03. The molecule has 64 valence electrons. The third-order valence-corrected chi connectivity index (χ3v) is 1.73. The molecule has 1 aromatic rings. The number of nitrogens with zero attached hydrogens (tertiary/aromatic N) is 1. The molecule has 1 aromatic carbocycles. The van der Waals surface area contributed by atoms with E-state index in [9.17, 15) is 10.1 Å². The van der Waals surface area contributed by atoms with E-state index in [0.29, 0.717) is 11.3 Å². The van der Waals surface area contributed by atoms with Crippen molar-refractivity contribution in [2.75, 3.05) is 5.73 Å². The van der Waals surface area contributed by atoms with Gasteiger partial charge in [0, 0.05) is 17.3 Å². The van der Waals surface area contributed by atoms with Crippen LogP contribution in [0.2, 0.25) is 0 Å². The second-order valence-electron chi connectivity index (χ2n) is 2.28. The van der Waals surface area contributed by atoms with Crippen LogP contribution in [-0.2, 0) is 5.88 Å². The Morgan fingerprint density at radius 1 is 1.58 bits per heavy atom. The van der Waals surface area contributed by atoms with Gasteiger partial charge < -0.3 is 5.73 Å². The third kappa shape index (κ3) is 1.65. The van der Waals surface area contributed by atoms with Crippen molar-refractivity contribution < 1.29 is 4.92 Å². The number of anilines is 1. The molecule has 0 radical (unpaired) electrons. The van der Waals surface area contributed by atoms with E-state index in [1.165, 1.54) is 18.2 Å². The largest absolute Gasteiger partial charge is 0.399 e. The fraction of sp³-hybridized carbons (Fsp3) is 0.143. The van der Waals surface area contributed by atoms with Gasteiger partial charge in [-0.2, -0.15) is 0 Å². The molecule has 0 spiro atoms. The lowest BCUT2D eigenvalue weighted by molar-refractivity contribution is -0.385. The number of hydrogen-bond acceptors (Lipinski definition) is 3. The monoisotopic (exact) mass is 186 g/mol. The average molecular weight is 187 g/mol. The Kier molecular flexibility index (Phi) is 2.50. The Hall–Kier alpha value is -1.29. The van der Waals surface area contributed by atoms with Crippen molar-refractivity contribution in [1.29, 1.82) is 0 Å². The van der Waals surface area contributed by atoms with E-state index < -0.39 is 4.92 Å². The first-order valence-electron chi connectivity index (χ1n) is 3.24. The Balaban J connectivity index is 3.20. The lowest BCUT2D eigenvalue weighted by Crippen LogP contribution is -1.95. The summed E-state index contributed by atoms with van der Waals surface area (Å²) in [6, 6.07) is 4.34. The first-order valence-corrected chi connectivity index (χ1v) is 3.77. The molecular weight excluding hydrogens is 180 g/mol. The molecule has 0 aromatic heterocycles. The number of nitro groups is 1. The molecule has 0 aliphatic rings. The zero-order valence-electron chi connectivity index (χ0n) is 6.16. The Bertz CT molecular complexity index is 314. The minimum atomic E-state index is -0.475. The highest BCUT2D eigenvalue weighted by molar-refractivity contribution is 6.17. The van der Waals surface area contributed by atoms with Crippen molar-refractivity contribution in [2.24, 2.45) is 0 Å². The molecule has 0 heterocycles.